The van der Waals surface area contributed by atoms with Crippen LogP contribution in [0.5, 0.6) is 5.75 Å². The number of rotatable bonds is 6. The Morgan fingerprint density at radius 2 is 2.06 bits per heavy atom. The molecule has 0 aromatic heterocycles. The molecule has 0 unspecified atom stereocenters. The highest BCUT2D eigenvalue weighted by atomic mass is 79.9. The Hall–Kier alpha value is -0.870. The van der Waals surface area contributed by atoms with Crippen LogP contribution in [0.1, 0.15) is 19.4 Å². The van der Waals surface area contributed by atoms with Gasteiger partial charge in [-0.1, -0.05) is 29.8 Å². The van der Waals surface area contributed by atoms with E-state index in [1.165, 1.54) is 0 Å². The van der Waals surface area contributed by atoms with E-state index < -0.39 is 0 Å². The van der Waals surface area contributed by atoms with Crippen molar-refractivity contribution in [2.75, 3.05) is 26.2 Å². The number of phenolic OH excluding ortho intramolecular Hbond substituents is 1. The molecule has 0 aliphatic rings. The van der Waals surface area contributed by atoms with Gasteiger partial charge in [0.15, 0.2) is 0 Å². The van der Waals surface area contributed by atoms with Crippen molar-refractivity contribution in [2.24, 2.45) is 4.99 Å². The molecule has 94 valence electrons. The van der Waals surface area contributed by atoms with Crippen LogP contribution in [0, 0.1) is 0 Å². The van der Waals surface area contributed by atoms with Crippen molar-refractivity contribution in [3.05, 3.63) is 28.2 Å². The van der Waals surface area contributed by atoms with Crippen molar-refractivity contribution < 1.29 is 5.11 Å². The largest absolute Gasteiger partial charge is 0.507 e. The van der Waals surface area contributed by atoms with Crippen LogP contribution in [0.4, 0.5) is 0 Å². The molecule has 0 heterocycles. The Balaban J connectivity index is 2.50. The molecule has 0 saturated carbocycles. The smallest absolute Gasteiger partial charge is 0.124 e. The predicted molar refractivity (Wildman–Crippen MR) is 76.1 cm³/mol. The van der Waals surface area contributed by atoms with Crippen LogP contribution in [-0.4, -0.2) is 42.4 Å². The molecular formula is C13H19BrN2O. The number of hydrogen-bond donors (Lipinski definition) is 1. The normalized spacial score (nSPS) is 11.5. The van der Waals surface area contributed by atoms with Crippen LogP contribution in [0.2, 0.25) is 0 Å². The van der Waals surface area contributed by atoms with Crippen molar-refractivity contribution in [1.82, 2.24) is 4.90 Å². The number of halogens is 1. The Morgan fingerprint density at radius 1 is 1.35 bits per heavy atom. The minimum Gasteiger partial charge on any atom is -0.507 e. The first-order valence-corrected chi connectivity index (χ1v) is 6.67. The highest BCUT2D eigenvalue weighted by Crippen LogP contribution is 2.19. The summed E-state index contributed by atoms with van der Waals surface area (Å²) in [5, 5.41) is 9.61. The molecule has 4 heteroatoms. The van der Waals surface area contributed by atoms with Gasteiger partial charge >= 0.3 is 0 Å². The minimum absolute atomic E-state index is 0.264. The Labute approximate surface area is 111 Å². The van der Waals surface area contributed by atoms with E-state index in [0.29, 0.717) is 0 Å². The SMILES string of the molecule is CCN(CC)CCN=Cc1cc(Br)ccc1O. The van der Waals surface area contributed by atoms with Gasteiger partial charge in [0.1, 0.15) is 5.75 Å². The third kappa shape index (κ3) is 4.88. The summed E-state index contributed by atoms with van der Waals surface area (Å²) >= 11 is 3.37. The zero-order valence-corrected chi connectivity index (χ0v) is 11.9. The lowest BCUT2D eigenvalue weighted by molar-refractivity contribution is 0.313. The van der Waals surface area contributed by atoms with E-state index in [-0.39, 0.29) is 5.75 Å². The van der Waals surface area contributed by atoms with Gasteiger partial charge in [-0.25, -0.2) is 0 Å². The second-order valence-electron chi connectivity index (χ2n) is 3.77. The zero-order chi connectivity index (χ0) is 12.7. The third-order valence-electron chi connectivity index (χ3n) is 2.66. The molecule has 0 amide bonds. The number of hydrogen-bond acceptors (Lipinski definition) is 3. The molecule has 1 rings (SSSR count). The van der Waals surface area contributed by atoms with Crippen molar-refractivity contribution in [3.8, 4) is 5.75 Å². The van der Waals surface area contributed by atoms with Crippen molar-refractivity contribution >= 4 is 22.1 Å². The van der Waals surface area contributed by atoms with E-state index in [1.54, 1.807) is 12.3 Å². The fraction of sp³-hybridized carbons (Fsp3) is 0.462. The molecule has 0 aliphatic heterocycles. The van der Waals surface area contributed by atoms with Crippen molar-refractivity contribution in [2.45, 2.75) is 13.8 Å². The molecule has 0 atom stereocenters. The predicted octanol–water partition coefficient (Wildman–Crippen LogP) is 2.92. The number of benzene rings is 1. The first kappa shape index (κ1) is 14.2. The molecule has 0 spiro atoms. The average molecular weight is 299 g/mol. The summed E-state index contributed by atoms with van der Waals surface area (Å²) in [6, 6.07) is 5.33. The summed E-state index contributed by atoms with van der Waals surface area (Å²) in [5.41, 5.74) is 0.749. The van der Waals surface area contributed by atoms with Crippen molar-refractivity contribution in [3.63, 3.8) is 0 Å². The third-order valence-corrected chi connectivity index (χ3v) is 3.15. The highest BCUT2D eigenvalue weighted by molar-refractivity contribution is 9.10. The maximum atomic E-state index is 9.61. The lowest BCUT2D eigenvalue weighted by Gasteiger charge is -2.15. The molecule has 1 aromatic rings. The van der Waals surface area contributed by atoms with Crippen LogP contribution in [0.3, 0.4) is 0 Å². The highest BCUT2D eigenvalue weighted by Gasteiger charge is 1.99. The van der Waals surface area contributed by atoms with E-state index in [1.807, 2.05) is 12.1 Å². The zero-order valence-electron chi connectivity index (χ0n) is 10.4. The first-order valence-electron chi connectivity index (χ1n) is 5.88. The molecule has 0 aliphatic carbocycles. The minimum atomic E-state index is 0.264. The van der Waals surface area contributed by atoms with Gasteiger partial charge in [0, 0.05) is 22.8 Å². The van der Waals surface area contributed by atoms with Gasteiger partial charge in [0.05, 0.1) is 6.54 Å². The second-order valence-corrected chi connectivity index (χ2v) is 4.68. The maximum absolute atomic E-state index is 9.61. The van der Waals surface area contributed by atoms with Crippen molar-refractivity contribution in [1.29, 1.82) is 0 Å². The van der Waals surface area contributed by atoms with Gasteiger partial charge in [-0.15, -0.1) is 0 Å². The summed E-state index contributed by atoms with van der Waals surface area (Å²) in [6.07, 6.45) is 1.73. The summed E-state index contributed by atoms with van der Waals surface area (Å²) in [7, 11) is 0. The fourth-order valence-electron chi connectivity index (χ4n) is 1.53. The second kappa shape index (κ2) is 7.45. The van der Waals surface area contributed by atoms with Gasteiger partial charge in [-0.2, -0.15) is 0 Å². The van der Waals surface area contributed by atoms with E-state index in [4.69, 9.17) is 0 Å². The van der Waals surface area contributed by atoms with E-state index in [0.717, 1.165) is 36.2 Å². The average Bonchev–Trinajstić information content (AvgIpc) is 2.33. The van der Waals surface area contributed by atoms with Gasteiger partial charge in [-0.3, -0.25) is 4.99 Å². The molecule has 0 fully saturated rings. The van der Waals surface area contributed by atoms with Gasteiger partial charge < -0.3 is 10.0 Å². The topological polar surface area (TPSA) is 35.8 Å². The Morgan fingerprint density at radius 3 is 2.71 bits per heavy atom. The molecule has 17 heavy (non-hydrogen) atoms. The molecular weight excluding hydrogens is 280 g/mol. The Kier molecular flexibility index (Phi) is 6.22. The fourth-order valence-corrected chi connectivity index (χ4v) is 1.91. The number of phenols is 1. The quantitative estimate of drug-likeness (QED) is 0.820. The lowest BCUT2D eigenvalue weighted by atomic mass is 10.2. The van der Waals surface area contributed by atoms with Gasteiger partial charge in [0.2, 0.25) is 0 Å². The summed E-state index contributed by atoms with van der Waals surface area (Å²) < 4.78 is 0.945. The summed E-state index contributed by atoms with van der Waals surface area (Å²) in [4.78, 5) is 6.65. The lowest BCUT2D eigenvalue weighted by Crippen LogP contribution is -2.25. The maximum Gasteiger partial charge on any atom is 0.124 e. The summed E-state index contributed by atoms with van der Waals surface area (Å²) in [6.45, 7) is 8.11. The molecule has 1 aromatic carbocycles. The van der Waals surface area contributed by atoms with Crippen LogP contribution in [-0.2, 0) is 0 Å². The molecule has 0 bridgehead atoms. The Bertz CT molecular complexity index is 376. The molecule has 1 N–H and O–H groups in total. The van der Waals surface area contributed by atoms with Crippen LogP contribution < -0.4 is 0 Å². The standard InChI is InChI=1S/C13H19BrN2O/c1-3-16(4-2)8-7-15-10-11-9-12(14)5-6-13(11)17/h5-6,9-10,17H,3-4,7-8H2,1-2H3. The van der Waals surface area contributed by atoms with Gasteiger partial charge in [0.25, 0.3) is 0 Å². The van der Waals surface area contributed by atoms with Crippen LogP contribution in [0.25, 0.3) is 0 Å². The van der Waals surface area contributed by atoms with E-state index >= 15 is 0 Å². The summed E-state index contributed by atoms with van der Waals surface area (Å²) in [5.74, 6) is 0.264. The number of aliphatic imine (C=N–C) groups is 1. The number of nitrogens with zero attached hydrogens (tertiary/aromatic N) is 2. The molecule has 0 saturated heterocycles. The number of aromatic hydroxyl groups is 1. The number of likely N-dealkylation sites (N-methyl/N-ethyl adjacent to an activating group) is 1. The monoisotopic (exact) mass is 298 g/mol. The molecule has 0 radical (unpaired) electrons. The van der Waals surface area contributed by atoms with Gasteiger partial charge in [-0.05, 0) is 31.3 Å². The van der Waals surface area contributed by atoms with Crippen LogP contribution in [0.15, 0.2) is 27.7 Å². The van der Waals surface area contributed by atoms with E-state index in [2.05, 4.69) is 39.7 Å². The van der Waals surface area contributed by atoms with Crippen LogP contribution >= 0.6 is 15.9 Å². The molecule has 3 nitrogen and oxygen atoms in total. The first-order chi connectivity index (χ1) is 8.17. The van der Waals surface area contributed by atoms with E-state index in [9.17, 15) is 5.11 Å².